The molecule has 2 aliphatic carbocycles. The Morgan fingerprint density at radius 3 is 2.78 bits per heavy atom. The second kappa shape index (κ2) is 5.51. The van der Waals surface area contributed by atoms with E-state index in [4.69, 9.17) is 0 Å². The maximum atomic E-state index is 14.0. The van der Waals surface area contributed by atoms with Crippen molar-refractivity contribution in [2.75, 3.05) is 18.0 Å². The Morgan fingerprint density at radius 2 is 2.11 bits per heavy atom. The van der Waals surface area contributed by atoms with Crippen molar-refractivity contribution in [3.63, 3.8) is 0 Å². The van der Waals surface area contributed by atoms with Crippen molar-refractivity contribution < 1.29 is 9.18 Å². The van der Waals surface area contributed by atoms with Crippen molar-refractivity contribution in [2.24, 2.45) is 11.8 Å². The van der Waals surface area contributed by atoms with Crippen molar-refractivity contribution in [2.45, 2.75) is 56.5 Å². The number of rotatable bonds is 2. The summed E-state index contributed by atoms with van der Waals surface area (Å²) in [5.41, 5.74) is -0.151. The molecule has 1 saturated heterocycles. The van der Waals surface area contributed by atoms with Gasteiger partial charge in [0.15, 0.2) is 0 Å². The molecule has 0 radical (unpaired) electrons. The molecular formula is C20H22BrFN4O. The van der Waals surface area contributed by atoms with Crippen LogP contribution in [0, 0.1) is 29.1 Å². The van der Waals surface area contributed by atoms with Gasteiger partial charge >= 0.3 is 0 Å². The molecule has 2 unspecified atom stereocenters. The number of aromatic nitrogens is 1. The van der Waals surface area contributed by atoms with E-state index in [9.17, 15) is 14.4 Å². The number of carbonyl (C=O) groups excluding carboxylic acids is 1. The lowest BCUT2D eigenvalue weighted by Gasteiger charge is -2.53. The molecule has 2 aliphatic heterocycles. The summed E-state index contributed by atoms with van der Waals surface area (Å²) in [6.07, 6.45) is 3.79. The molecule has 1 aromatic rings. The van der Waals surface area contributed by atoms with Gasteiger partial charge in [-0.3, -0.25) is 9.69 Å². The number of likely N-dealkylation sites (tertiary alicyclic amines) is 1. The SMILES string of the molecule is CC1(C)C(=O)N(C2CC(C#N)(N3CCC4CC4C3)C2)c2cc(Br)c(F)nc21. The number of piperidine rings is 1. The predicted octanol–water partition coefficient (Wildman–Crippen LogP) is 3.37. The van der Waals surface area contributed by atoms with E-state index < -0.39 is 16.9 Å². The Labute approximate surface area is 166 Å². The van der Waals surface area contributed by atoms with Crippen LogP contribution in [-0.4, -0.2) is 40.5 Å². The third kappa shape index (κ3) is 2.35. The minimum absolute atomic E-state index is 0.0336. The number of amides is 1. The Hall–Kier alpha value is -1.52. The summed E-state index contributed by atoms with van der Waals surface area (Å²) in [6.45, 7) is 5.58. The maximum Gasteiger partial charge on any atom is 0.239 e. The van der Waals surface area contributed by atoms with Gasteiger partial charge in [-0.05, 0) is 67.1 Å². The Balaban J connectivity index is 1.43. The van der Waals surface area contributed by atoms with Crippen LogP contribution in [0.1, 0.15) is 45.2 Å². The topological polar surface area (TPSA) is 60.2 Å². The number of nitrogens with zero attached hydrogens (tertiary/aromatic N) is 4. The van der Waals surface area contributed by atoms with Gasteiger partial charge in [0.25, 0.3) is 0 Å². The van der Waals surface area contributed by atoms with E-state index in [-0.39, 0.29) is 16.4 Å². The van der Waals surface area contributed by atoms with Gasteiger partial charge in [0.05, 0.1) is 27.3 Å². The number of hydrogen-bond acceptors (Lipinski definition) is 4. The van der Waals surface area contributed by atoms with Gasteiger partial charge in [-0.15, -0.1) is 0 Å². The summed E-state index contributed by atoms with van der Waals surface area (Å²) in [7, 11) is 0. The summed E-state index contributed by atoms with van der Waals surface area (Å²) in [5, 5.41) is 9.93. The van der Waals surface area contributed by atoms with Crippen molar-refractivity contribution in [1.29, 1.82) is 5.26 Å². The van der Waals surface area contributed by atoms with Gasteiger partial charge in [0, 0.05) is 25.4 Å². The van der Waals surface area contributed by atoms with Crippen LogP contribution in [0.15, 0.2) is 10.5 Å². The zero-order valence-corrected chi connectivity index (χ0v) is 17.1. The molecule has 5 nitrogen and oxygen atoms in total. The standard InChI is InChI=1S/C20H22BrFN4O/c1-19(2)16-15(6-14(21)17(22)24-16)26(18(19)27)13-7-20(8-13,10-23)25-4-3-11-5-12(11)9-25/h6,11-13H,3-5,7-9H2,1-2H3. The lowest BCUT2D eigenvalue weighted by atomic mass is 9.70. The van der Waals surface area contributed by atoms with Crippen LogP contribution in [0.2, 0.25) is 0 Å². The minimum atomic E-state index is -0.853. The summed E-state index contributed by atoms with van der Waals surface area (Å²) >= 11 is 3.20. The maximum absolute atomic E-state index is 14.0. The van der Waals surface area contributed by atoms with Gasteiger partial charge in [0.1, 0.15) is 5.54 Å². The Kier molecular flexibility index (Phi) is 3.59. The van der Waals surface area contributed by atoms with Crippen LogP contribution in [0.5, 0.6) is 0 Å². The summed E-state index contributed by atoms with van der Waals surface area (Å²) in [6, 6.07) is 4.19. The van der Waals surface area contributed by atoms with Gasteiger partial charge in [-0.25, -0.2) is 4.98 Å². The fraction of sp³-hybridized carbons (Fsp3) is 0.650. The van der Waals surface area contributed by atoms with E-state index in [0.717, 1.165) is 24.9 Å². The predicted molar refractivity (Wildman–Crippen MR) is 102 cm³/mol. The van der Waals surface area contributed by atoms with E-state index >= 15 is 0 Å². The van der Waals surface area contributed by atoms with Crippen LogP contribution in [0.4, 0.5) is 10.1 Å². The lowest BCUT2D eigenvalue weighted by molar-refractivity contribution is -0.123. The highest BCUT2D eigenvalue weighted by Gasteiger charge is 2.58. The number of hydrogen-bond donors (Lipinski definition) is 0. The third-order valence-electron chi connectivity index (χ3n) is 7.14. The van der Waals surface area contributed by atoms with Crippen molar-refractivity contribution in [3.8, 4) is 6.07 Å². The van der Waals surface area contributed by atoms with Crippen LogP contribution in [0.3, 0.4) is 0 Å². The third-order valence-corrected chi connectivity index (χ3v) is 7.69. The summed E-state index contributed by atoms with van der Waals surface area (Å²) in [5.74, 6) is 0.988. The number of fused-ring (bicyclic) bond motifs is 2. The molecule has 1 amide bonds. The first-order chi connectivity index (χ1) is 12.8. The van der Waals surface area contributed by atoms with Gasteiger partial charge in [0.2, 0.25) is 11.9 Å². The largest absolute Gasteiger partial charge is 0.306 e. The molecule has 1 aromatic heterocycles. The molecule has 3 heterocycles. The average molecular weight is 433 g/mol. The number of nitriles is 1. The van der Waals surface area contributed by atoms with E-state index in [2.05, 4.69) is 31.9 Å². The van der Waals surface area contributed by atoms with Crippen molar-refractivity contribution >= 4 is 27.5 Å². The molecule has 0 aromatic carbocycles. The highest BCUT2D eigenvalue weighted by atomic mass is 79.9. The number of halogens is 2. The fourth-order valence-corrected chi connectivity index (χ4v) is 5.58. The van der Waals surface area contributed by atoms with Gasteiger partial charge < -0.3 is 4.90 Å². The summed E-state index contributed by atoms with van der Waals surface area (Å²) < 4.78 is 14.3. The zero-order valence-electron chi connectivity index (χ0n) is 15.5. The first kappa shape index (κ1) is 17.6. The number of pyridine rings is 1. The van der Waals surface area contributed by atoms with Gasteiger partial charge in [-0.1, -0.05) is 0 Å². The van der Waals surface area contributed by atoms with E-state index in [1.807, 2.05) is 0 Å². The quantitative estimate of drug-likeness (QED) is 0.672. The smallest absolute Gasteiger partial charge is 0.239 e. The van der Waals surface area contributed by atoms with Crippen LogP contribution in [0.25, 0.3) is 0 Å². The Bertz CT molecular complexity index is 889. The second-order valence-electron chi connectivity index (χ2n) is 9.12. The molecule has 4 aliphatic rings. The first-order valence-corrected chi connectivity index (χ1v) is 10.4. The Morgan fingerprint density at radius 1 is 1.37 bits per heavy atom. The molecule has 3 fully saturated rings. The fourth-order valence-electron chi connectivity index (χ4n) is 5.27. The van der Waals surface area contributed by atoms with Crippen LogP contribution < -0.4 is 4.90 Å². The second-order valence-corrected chi connectivity index (χ2v) is 9.98. The molecule has 142 valence electrons. The highest BCUT2D eigenvalue weighted by molar-refractivity contribution is 9.10. The molecule has 2 atom stereocenters. The van der Waals surface area contributed by atoms with Crippen LogP contribution >= 0.6 is 15.9 Å². The van der Waals surface area contributed by atoms with Gasteiger partial charge in [-0.2, -0.15) is 9.65 Å². The van der Waals surface area contributed by atoms with E-state index in [1.54, 1.807) is 24.8 Å². The molecule has 0 N–H and O–H groups in total. The number of carbonyl (C=O) groups is 1. The van der Waals surface area contributed by atoms with Crippen molar-refractivity contribution in [1.82, 2.24) is 9.88 Å². The normalized spacial score (nSPS) is 36.6. The molecule has 0 spiro atoms. The lowest BCUT2D eigenvalue weighted by Crippen LogP contribution is -2.65. The molecule has 0 bridgehead atoms. The molecular weight excluding hydrogens is 411 g/mol. The highest BCUT2D eigenvalue weighted by Crippen LogP contribution is 2.52. The molecule has 2 saturated carbocycles. The molecule has 7 heteroatoms. The van der Waals surface area contributed by atoms with E-state index in [0.29, 0.717) is 24.2 Å². The van der Waals surface area contributed by atoms with E-state index in [1.165, 1.54) is 12.8 Å². The monoisotopic (exact) mass is 432 g/mol. The average Bonchev–Trinajstić information content (AvgIpc) is 3.34. The zero-order chi connectivity index (χ0) is 19.1. The van der Waals surface area contributed by atoms with Crippen molar-refractivity contribution in [3.05, 3.63) is 22.2 Å². The minimum Gasteiger partial charge on any atom is -0.306 e. The number of anilines is 1. The first-order valence-electron chi connectivity index (χ1n) is 9.63. The molecule has 5 rings (SSSR count). The molecule has 27 heavy (non-hydrogen) atoms. The summed E-state index contributed by atoms with van der Waals surface area (Å²) in [4.78, 5) is 21.3. The van der Waals surface area contributed by atoms with Crippen LogP contribution in [-0.2, 0) is 10.2 Å².